The van der Waals surface area contributed by atoms with Crippen molar-refractivity contribution >= 4 is 0 Å². The Labute approximate surface area is 110 Å². The van der Waals surface area contributed by atoms with Crippen LogP contribution >= 0.6 is 0 Å². The summed E-state index contributed by atoms with van der Waals surface area (Å²) >= 11 is 0. The van der Waals surface area contributed by atoms with Crippen LogP contribution in [0.4, 0.5) is 0 Å². The summed E-state index contributed by atoms with van der Waals surface area (Å²) in [6.45, 7) is 0. The normalized spacial score (nSPS) is 9.74. The van der Waals surface area contributed by atoms with E-state index in [9.17, 15) is 0 Å². The van der Waals surface area contributed by atoms with Crippen molar-refractivity contribution in [1.29, 1.82) is 5.26 Å². The van der Waals surface area contributed by atoms with Gasteiger partial charge in [-0.25, -0.2) is 0 Å². The van der Waals surface area contributed by atoms with Crippen molar-refractivity contribution in [3.05, 3.63) is 41.2 Å². The number of rotatable bonds is 4. The predicted molar refractivity (Wildman–Crippen MR) is 66.9 cm³/mol. The molecule has 0 saturated carbocycles. The third-order valence-electron chi connectivity index (χ3n) is 2.45. The lowest BCUT2D eigenvalue weighted by atomic mass is 10.1. The summed E-state index contributed by atoms with van der Waals surface area (Å²) in [6, 6.07) is 9.74. The second-order valence-corrected chi connectivity index (χ2v) is 3.71. The number of hydrogen-bond donors (Lipinski definition) is 0. The number of nitrogens with zero attached hydrogens (tertiary/aromatic N) is 4. The van der Waals surface area contributed by atoms with E-state index in [1.165, 1.54) is 14.2 Å². The van der Waals surface area contributed by atoms with Crippen LogP contribution in [0.3, 0.4) is 0 Å². The fourth-order valence-corrected chi connectivity index (χ4v) is 1.52. The molecular formula is C13H12N4O2. The smallest absolute Gasteiger partial charge is 0.322 e. The summed E-state index contributed by atoms with van der Waals surface area (Å²) in [5.74, 6) is 0.549. The van der Waals surface area contributed by atoms with Crippen molar-refractivity contribution in [3.63, 3.8) is 0 Å². The Bertz CT molecular complexity index is 583. The molecule has 0 N–H and O–H groups in total. The van der Waals surface area contributed by atoms with Gasteiger partial charge in [0.05, 0.1) is 25.9 Å². The standard InChI is InChI=1S/C13H12N4O2/c1-18-12-15-11(16-13(17-12)19-2)7-9-3-5-10(8-14)6-4-9/h3-6H,7H2,1-2H3. The van der Waals surface area contributed by atoms with Gasteiger partial charge in [0.1, 0.15) is 5.82 Å². The van der Waals surface area contributed by atoms with E-state index in [0.29, 0.717) is 17.8 Å². The Morgan fingerprint density at radius 2 is 1.58 bits per heavy atom. The molecule has 0 fully saturated rings. The van der Waals surface area contributed by atoms with E-state index in [1.54, 1.807) is 12.1 Å². The molecule has 0 bridgehead atoms. The highest BCUT2D eigenvalue weighted by molar-refractivity contribution is 5.32. The Kier molecular flexibility index (Phi) is 3.88. The first-order valence-electron chi connectivity index (χ1n) is 5.57. The van der Waals surface area contributed by atoms with E-state index in [-0.39, 0.29) is 12.0 Å². The van der Waals surface area contributed by atoms with Crippen LogP contribution in [0, 0.1) is 11.3 Å². The molecule has 1 heterocycles. The highest BCUT2D eigenvalue weighted by Gasteiger charge is 2.07. The fourth-order valence-electron chi connectivity index (χ4n) is 1.52. The zero-order chi connectivity index (χ0) is 13.7. The van der Waals surface area contributed by atoms with Crippen LogP contribution in [0.25, 0.3) is 0 Å². The monoisotopic (exact) mass is 256 g/mol. The van der Waals surface area contributed by atoms with Gasteiger partial charge in [-0.3, -0.25) is 0 Å². The van der Waals surface area contributed by atoms with Crippen molar-refractivity contribution in [2.45, 2.75) is 6.42 Å². The number of hydrogen-bond acceptors (Lipinski definition) is 6. The molecule has 6 heteroatoms. The van der Waals surface area contributed by atoms with Gasteiger partial charge >= 0.3 is 12.0 Å². The molecule has 2 aromatic rings. The molecule has 0 radical (unpaired) electrons. The van der Waals surface area contributed by atoms with E-state index < -0.39 is 0 Å². The maximum Gasteiger partial charge on any atom is 0.322 e. The van der Waals surface area contributed by atoms with Gasteiger partial charge in [0.2, 0.25) is 0 Å². The first-order chi connectivity index (χ1) is 9.25. The van der Waals surface area contributed by atoms with Crippen LogP contribution in [0.5, 0.6) is 12.0 Å². The average molecular weight is 256 g/mol. The largest absolute Gasteiger partial charge is 0.467 e. The maximum atomic E-state index is 8.74. The lowest BCUT2D eigenvalue weighted by Crippen LogP contribution is -2.04. The van der Waals surface area contributed by atoms with Crippen LogP contribution in [-0.2, 0) is 6.42 Å². The van der Waals surface area contributed by atoms with Gasteiger partial charge in [-0.2, -0.15) is 15.2 Å². The number of ether oxygens (including phenoxy) is 2. The van der Waals surface area contributed by atoms with Gasteiger partial charge in [0, 0.05) is 6.42 Å². The minimum Gasteiger partial charge on any atom is -0.467 e. The molecule has 0 aliphatic heterocycles. The Balaban J connectivity index is 2.24. The fraction of sp³-hybridized carbons (Fsp3) is 0.231. The molecule has 0 saturated heterocycles. The van der Waals surface area contributed by atoms with Gasteiger partial charge in [-0.1, -0.05) is 12.1 Å². The minimum absolute atomic E-state index is 0.218. The molecule has 2 rings (SSSR count). The minimum atomic E-state index is 0.218. The molecule has 0 atom stereocenters. The van der Waals surface area contributed by atoms with E-state index in [2.05, 4.69) is 21.0 Å². The topological polar surface area (TPSA) is 80.9 Å². The number of aromatic nitrogens is 3. The molecule has 0 unspecified atom stereocenters. The molecule has 1 aromatic carbocycles. The number of benzene rings is 1. The van der Waals surface area contributed by atoms with E-state index >= 15 is 0 Å². The average Bonchev–Trinajstić information content (AvgIpc) is 2.47. The molecule has 6 nitrogen and oxygen atoms in total. The molecule has 0 aliphatic rings. The van der Waals surface area contributed by atoms with Crippen LogP contribution in [0.1, 0.15) is 17.0 Å². The Hall–Kier alpha value is -2.68. The third-order valence-corrected chi connectivity index (χ3v) is 2.45. The molecule has 0 spiro atoms. The maximum absolute atomic E-state index is 8.74. The van der Waals surface area contributed by atoms with E-state index in [1.807, 2.05) is 12.1 Å². The molecule has 0 aliphatic carbocycles. The summed E-state index contributed by atoms with van der Waals surface area (Å²) in [4.78, 5) is 12.2. The van der Waals surface area contributed by atoms with Crippen LogP contribution in [0.15, 0.2) is 24.3 Å². The van der Waals surface area contributed by atoms with Gasteiger partial charge in [0.25, 0.3) is 0 Å². The van der Waals surface area contributed by atoms with Crippen molar-refractivity contribution < 1.29 is 9.47 Å². The summed E-state index contributed by atoms with van der Waals surface area (Å²) in [5.41, 5.74) is 1.61. The zero-order valence-electron chi connectivity index (χ0n) is 10.6. The lowest BCUT2D eigenvalue weighted by molar-refractivity contribution is 0.337. The first-order valence-corrected chi connectivity index (χ1v) is 5.57. The number of methoxy groups -OCH3 is 2. The SMILES string of the molecule is COc1nc(Cc2ccc(C#N)cc2)nc(OC)n1. The third kappa shape index (κ3) is 3.16. The number of nitriles is 1. The van der Waals surface area contributed by atoms with E-state index in [0.717, 1.165) is 5.56 Å². The predicted octanol–water partition coefficient (Wildman–Crippen LogP) is 1.35. The first kappa shape index (κ1) is 12.8. The van der Waals surface area contributed by atoms with Gasteiger partial charge < -0.3 is 9.47 Å². The van der Waals surface area contributed by atoms with Crippen molar-refractivity contribution in [1.82, 2.24) is 15.0 Å². The molecule has 19 heavy (non-hydrogen) atoms. The van der Waals surface area contributed by atoms with Crippen molar-refractivity contribution in [3.8, 4) is 18.1 Å². The van der Waals surface area contributed by atoms with Gasteiger partial charge in [-0.15, -0.1) is 4.98 Å². The zero-order valence-corrected chi connectivity index (χ0v) is 10.6. The highest BCUT2D eigenvalue weighted by atomic mass is 16.5. The second kappa shape index (κ2) is 5.78. The quantitative estimate of drug-likeness (QED) is 0.821. The molecule has 0 amide bonds. The van der Waals surface area contributed by atoms with Gasteiger partial charge in [-0.05, 0) is 17.7 Å². The summed E-state index contributed by atoms with van der Waals surface area (Å²) in [5, 5.41) is 8.74. The molecular weight excluding hydrogens is 244 g/mol. The molecule has 1 aromatic heterocycles. The van der Waals surface area contributed by atoms with Gasteiger partial charge in [0.15, 0.2) is 0 Å². The van der Waals surface area contributed by atoms with Crippen LogP contribution < -0.4 is 9.47 Å². The molecule has 96 valence electrons. The summed E-state index contributed by atoms with van der Waals surface area (Å²) < 4.78 is 9.97. The van der Waals surface area contributed by atoms with E-state index in [4.69, 9.17) is 14.7 Å². The second-order valence-electron chi connectivity index (χ2n) is 3.71. The van der Waals surface area contributed by atoms with Crippen molar-refractivity contribution in [2.75, 3.05) is 14.2 Å². The van der Waals surface area contributed by atoms with Crippen LogP contribution in [0.2, 0.25) is 0 Å². The summed E-state index contributed by atoms with van der Waals surface area (Å²) in [7, 11) is 2.97. The Morgan fingerprint density at radius 1 is 1.00 bits per heavy atom. The highest BCUT2D eigenvalue weighted by Crippen LogP contribution is 2.13. The lowest BCUT2D eigenvalue weighted by Gasteiger charge is -2.05. The Morgan fingerprint density at radius 3 is 2.05 bits per heavy atom. The van der Waals surface area contributed by atoms with Crippen molar-refractivity contribution in [2.24, 2.45) is 0 Å². The van der Waals surface area contributed by atoms with Crippen LogP contribution in [-0.4, -0.2) is 29.2 Å². The summed E-state index contributed by atoms with van der Waals surface area (Å²) in [6.07, 6.45) is 0.515.